The average molecular weight is 251 g/mol. The summed E-state index contributed by atoms with van der Waals surface area (Å²) >= 11 is 0. The molecule has 4 nitrogen and oxygen atoms in total. The largest absolute Gasteiger partial charge is 0.339 e. The Kier molecular flexibility index (Phi) is 4.75. The highest BCUT2D eigenvalue weighted by Crippen LogP contribution is 2.31. The summed E-state index contributed by atoms with van der Waals surface area (Å²) in [6.45, 7) is 7.39. The molecule has 18 heavy (non-hydrogen) atoms. The molecule has 2 atom stereocenters. The van der Waals surface area contributed by atoms with Crippen molar-refractivity contribution in [1.82, 2.24) is 15.5 Å². The molecule has 2 rings (SSSR count). The third-order valence-corrected chi connectivity index (χ3v) is 4.09. The van der Waals surface area contributed by atoms with Crippen LogP contribution in [0.4, 0.5) is 0 Å². The van der Waals surface area contributed by atoms with Gasteiger partial charge in [0.15, 0.2) is 5.82 Å². The fourth-order valence-electron chi connectivity index (χ4n) is 2.67. The molecule has 1 fully saturated rings. The molecule has 0 aromatic carbocycles. The third-order valence-electron chi connectivity index (χ3n) is 4.09. The first-order valence-corrected chi connectivity index (χ1v) is 7.29. The summed E-state index contributed by atoms with van der Waals surface area (Å²) in [7, 11) is 0. The van der Waals surface area contributed by atoms with Crippen molar-refractivity contribution in [1.29, 1.82) is 0 Å². The zero-order valence-electron chi connectivity index (χ0n) is 11.8. The van der Waals surface area contributed by atoms with Crippen molar-refractivity contribution in [3.05, 3.63) is 11.7 Å². The summed E-state index contributed by atoms with van der Waals surface area (Å²) in [5.74, 6) is 2.51. The van der Waals surface area contributed by atoms with Gasteiger partial charge in [-0.25, -0.2) is 0 Å². The maximum Gasteiger partial charge on any atom is 0.231 e. The lowest BCUT2D eigenvalue weighted by Gasteiger charge is -2.18. The Bertz CT molecular complexity index is 358. The third kappa shape index (κ3) is 3.10. The minimum atomic E-state index is 0.273. The van der Waals surface area contributed by atoms with Crippen molar-refractivity contribution in [2.75, 3.05) is 6.54 Å². The number of likely N-dealkylation sites (N-methyl/N-ethyl adjacent to an activating group) is 1. The van der Waals surface area contributed by atoms with E-state index in [1.165, 1.54) is 32.1 Å². The first-order valence-electron chi connectivity index (χ1n) is 7.29. The first-order chi connectivity index (χ1) is 8.72. The van der Waals surface area contributed by atoms with E-state index in [1.54, 1.807) is 0 Å². The van der Waals surface area contributed by atoms with Crippen molar-refractivity contribution in [2.24, 2.45) is 0 Å². The Labute approximate surface area is 110 Å². The second-order valence-corrected chi connectivity index (χ2v) is 5.46. The fourth-order valence-corrected chi connectivity index (χ4v) is 2.67. The van der Waals surface area contributed by atoms with E-state index in [0.29, 0.717) is 12.0 Å². The Hall–Kier alpha value is -0.900. The molecule has 102 valence electrons. The fraction of sp³-hybridized carbons (Fsp3) is 0.857. The van der Waals surface area contributed by atoms with E-state index >= 15 is 0 Å². The summed E-state index contributed by atoms with van der Waals surface area (Å²) in [5.41, 5.74) is 0. The van der Waals surface area contributed by atoms with Crippen molar-refractivity contribution >= 4 is 0 Å². The molecule has 1 aromatic rings. The van der Waals surface area contributed by atoms with Gasteiger partial charge in [0.1, 0.15) is 0 Å². The van der Waals surface area contributed by atoms with Crippen molar-refractivity contribution < 1.29 is 4.52 Å². The molecule has 1 heterocycles. The molecule has 2 unspecified atom stereocenters. The summed E-state index contributed by atoms with van der Waals surface area (Å²) in [6.07, 6.45) is 6.40. The summed E-state index contributed by atoms with van der Waals surface area (Å²) in [6, 6.07) is 0.370. The van der Waals surface area contributed by atoms with E-state index in [4.69, 9.17) is 4.52 Å². The molecular formula is C14H25N3O. The van der Waals surface area contributed by atoms with Crippen molar-refractivity contribution in [2.45, 2.75) is 70.8 Å². The highest BCUT2D eigenvalue weighted by Gasteiger charge is 2.24. The molecule has 0 aliphatic heterocycles. The number of hydrogen-bond donors (Lipinski definition) is 1. The molecule has 1 aromatic heterocycles. The highest BCUT2D eigenvalue weighted by atomic mass is 16.5. The topological polar surface area (TPSA) is 51.0 Å². The highest BCUT2D eigenvalue weighted by molar-refractivity contribution is 5.01. The van der Waals surface area contributed by atoms with Crippen LogP contribution in [0.25, 0.3) is 0 Å². The maximum absolute atomic E-state index is 5.45. The lowest BCUT2D eigenvalue weighted by atomic mass is 9.89. The van der Waals surface area contributed by atoms with Crippen LogP contribution in [0.2, 0.25) is 0 Å². The molecule has 0 bridgehead atoms. The van der Waals surface area contributed by atoms with Crippen LogP contribution in [-0.4, -0.2) is 22.7 Å². The van der Waals surface area contributed by atoms with Gasteiger partial charge in [-0.3, -0.25) is 0 Å². The number of nitrogens with zero attached hydrogens (tertiary/aromatic N) is 2. The van der Waals surface area contributed by atoms with E-state index in [2.05, 4.69) is 36.2 Å². The Balaban J connectivity index is 2.00. The Morgan fingerprint density at radius 2 is 2.00 bits per heavy atom. The van der Waals surface area contributed by atoms with Crippen LogP contribution in [0.15, 0.2) is 4.52 Å². The quantitative estimate of drug-likeness (QED) is 0.873. The van der Waals surface area contributed by atoms with Crippen LogP contribution in [0.1, 0.15) is 76.4 Å². The normalized spacial score (nSPS) is 20.8. The molecule has 1 aliphatic rings. The van der Waals surface area contributed by atoms with Gasteiger partial charge in [0.25, 0.3) is 0 Å². The van der Waals surface area contributed by atoms with Gasteiger partial charge >= 0.3 is 0 Å². The smallest absolute Gasteiger partial charge is 0.231 e. The minimum Gasteiger partial charge on any atom is -0.339 e. The predicted octanol–water partition coefficient (Wildman–Crippen LogP) is 3.22. The predicted molar refractivity (Wildman–Crippen MR) is 71.7 cm³/mol. The van der Waals surface area contributed by atoms with Gasteiger partial charge in [0, 0.05) is 12.0 Å². The average Bonchev–Trinajstić information content (AvgIpc) is 2.89. The number of rotatable bonds is 5. The Morgan fingerprint density at radius 3 is 2.67 bits per heavy atom. The molecular weight excluding hydrogens is 226 g/mol. The van der Waals surface area contributed by atoms with Crippen LogP contribution in [0, 0.1) is 0 Å². The molecule has 1 saturated carbocycles. The van der Waals surface area contributed by atoms with Gasteiger partial charge in [-0.2, -0.15) is 4.98 Å². The van der Waals surface area contributed by atoms with E-state index in [9.17, 15) is 0 Å². The lowest BCUT2D eigenvalue weighted by molar-refractivity contribution is 0.324. The summed E-state index contributed by atoms with van der Waals surface area (Å²) in [4.78, 5) is 4.62. The summed E-state index contributed by atoms with van der Waals surface area (Å²) in [5, 5.41) is 7.59. The maximum atomic E-state index is 5.45. The van der Waals surface area contributed by atoms with Crippen molar-refractivity contribution in [3.8, 4) is 0 Å². The molecule has 0 saturated heterocycles. The van der Waals surface area contributed by atoms with Crippen LogP contribution in [-0.2, 0) is 0 Å². The molecule has 4 heteroatoms. The second kappa shape index (κ2) is 6.32. The SMILES string of the molecule is CCNC(C)C(C)c1nc(C2CCCCC2)no1. The summed E-state index contributed by atoms with van der Waals surface area (Å²) < 4.78 is 5.45. The minimum absolute atomic E-state index is 0.273. The van der Waals surface area contributed by atoms with Crippen LogP contribution >= 0.6 is 0 Å². The van der Waals surface area contributed by atoms with Crippen LogP contribution in [0.5, 0.6) is 0 Å². The molecule has 1 aliphatic carbocycles. The second-order valence-electron chi connectivity index (χ2n) is 5.46. The molecule has 0 radical (unpaired) electrons. The van der Waals surface area contributed by atoms with Gasteiger partial charge in [-0.15, -0.1) is 0 Å². The molecule has 0 spiro atoms. The van der Waals surface area contributed by atoms with Crippen LogP contribution < -0.4 is 5.32 Å². The van der Waals surface area contributed by atoms with E-state index < -0.39 is 0 Å². The van der Waals surface area contributed by atoms with E-state index in [1.807, 2.05) is 0 Å². The van der Waals surface area contributed by atoms with Gasteiger partial charge in [0.05, 0.1) is 5.92 Å². The van der Waals surface area contributed by atoms with Gasteiger partial charge < -0.3 is 9.84 Å². The van der Waals surface area contributed by atoms with E-state index in [0.717, 1.165) is 18.3 Å². The number of aromatic nitrogens is 2. The molecule has 1 N–H and O–H groups in total. The lowest BCUT2D eigenvalue weighted by Crippen LogP contribution is -2.30. The van der Waals surface area contributed by atoms with Gasteiger partial charge in [-0.05, 0) is 26.3 Å². The standard InChI is InChI=1S/C14H25N3O/c1-4-15-11(3)10(2)14-16-13(17-18-14)12-8-6-5-7-9-12/h10-12,15H,4-9H2,1-3H3. The zero-order chi connectivity index (χ0) is 13.0. The zero-order valence-corrected chi connectivity index (χ0v) is 11.8. The monoisotopic (exact) mass is 251 g/mol. The van der Waals surface area contributed by atoms with Gasteiger partial charge in [-0.1, -0.05) is 38.3 Å². The number of hydrogen-bond acceptors (Lipinski definition) is 4. The number of nitrogens with one attached hydrogen (secondary N) is 1. The van der Waals surface area contributed by atoms with E-state index in [-0.39, 0.29) is 5.92 Å². The molecule has 0 amide bonds. The van der Waals surface area contributed by atoms with Gasteiger partial charge in [0.2, 0.25) is 5.89 Å². The first kappa shape index (κ1) is 13.5. The Morgan fingerprint density at radius 1 is 1.28 bits per heavy atom. The van der Waals surface area contributed by atoms with Crippen LogP contribution in [0.3, 0.4) is 0 Å². The van der Waals surface area contributed by atoms with Crippen molar-refractivity contribution in [3.63, 3.8) is 0 Å².